The lowest BCUT2D eigenvalue weighted by Gasteiger charge is -2.03. The number of imidazole rings is 1. The van der Waals surface area contributed by atoms with E-state index in [4.69, 9.17) is 0 Å². The number of phenols is 1. The number of nitrogens with zero attached hydrogens (tertiary/aromatic N) is 4. The molecular formula is C19H19N8O3+. The van der Waals surface area contributed by atoms with Crippen molar-refractivity contribution in [2.24, 2.45) is 0 Å². The van der Waals surface area contributed by atoms with Crippen LogP contribution in [-0.2, 0) is 6.54 Å². The Morgan fingerprint density at radius 3 is 2.87 bits per heavy atom. The van der Waals surface area contributed by atoms with Gasteiger partial charge in [-0.3, -0.25) is 9.98 Å². The molecule has 5 rings (SSSR count). The molecule has 0 atom stereocenters. The Labute approximate surface area is 168 Å². The average Bonchev–Trinajstić information content (AvgIpc) is 3.35. The summed E-state index contributed by atoms with van der Waals surface area (Å²) in [7, 11) is 0. The second kappa shape index (κ2) is 7.03. The van der Waals surface area contributed by atoms with Crippen LogP contribution in [0.3, 0.4) is 0 Å². The standard InChI is InChI=1S/C19H18N8O3/c28-13-3-1-2-10(6-13)8-20-17-24-15-11(7-14-16(29)25-19(30)23-14)9-21-27(15)18(26-17)22-12-4-5-12/h1-3,6-7,9,12,28-29H,4-5,8H2,(H,20,22,26)(H2,23,25,30)/p+1. The quantitative estimate of drug-likeness (QED) is 0.220. The van der Waals surface area contributed by atoms with Gasteiger partial charge >= 0.3 is 17.3 Å². The van der Waals surface area contributed by atoms with Crippen molar-refractivity contribution < 1.29 is 15.2 Å². The molecule has 3 aromatic heterocycles. The lowest BCUT2D eigenvalue weighted by molar-refractivity contribution is -0.523. The van der Waals surface area contributed by atoms with E-state index in [1.54, 1.807) is 35.0 Å². The third-order valence-electron chi connectivity index (χ3n) is 4.70. The van der Waals surface area contributed by atoms with Crippen LogP contribution in [0.25, 0.3) is 11.7 Å². The number of aromatic hydroxyl groups is 2. The number of anilines is 1. The van der Waals surface area contributed by atoms with Crippen molar-refractivity contribution in [3.05, 3.63) is 63.0 Å². The number of rotatable bonds is 5. The van der Waals surface area contributed by atoms with E-state index in [0.29, 0.717) is 35.0 Å². The van der Waals surface area contributed by atoms with Gasteiger partial charge in [0.1, 0.15) is 11.4 Å². The number of benzene rings is 1. The normalized spacial score (nSPS) is 15.2. The van der Waals surface area contributed by atoms with Gasteiger partial charge in [-0.25, -0.2) is 4.79 Å². The minimum atomic E-state index is -0.505. The first-order valence-electron chi connectivity index (χ1n) is 9.45. The van der Waals surface area contributed by atoms with Crippen LogP contribution in [0, 0.1) is 0 Å². The minimum absolute atomic E-state index is 0.190. The van der Waals surface area contributed by atoms with Gasteiger partial charge < -0.3 is 20.5 Å². The molecule has 11 heteroatoms. The van der Waals surface area contributed by atoms with Gasteiger partial charge in [-0.2, -0.15) is 4.98 Å². The van der Waals surface area contributed by atoms with E-state index in [1.165, 1.54) is 0 Å². The van der Waals surface area contributed by atoms with Gasteiger partial charge in [-0.05, 0) is 41.6 Å². The molecule has 6 N–H and O–H groups in total. The zero-order valence-corrected chi connectivity index (χ0v) is 15.8. The van der Waals surface area contributed by atoms with Crippen LogP contribution in [0.4, 0.5) is 5.95 Å². The number of phenolic OH excluding ortho intramolecular Hbond substituents is 1. The topological polar surface area (TPSA) is 158 Å². The maximum atomic E-state index is 11.4. The van der Waals surface area contributed by atoms with E-state index in [0.717, 1.165) is 18.4 Å². The maximum absolute atomic E-state index is 11.4. The van der Waals surface area contributed by atoms with Crippen molar-refractivity contribution in [3.8, 4) is 11.6 Å². The van der Waals surface area contributed by atoms with Crippen molar-refractivity contribution in [3.63, 3.8) is 0 Å². The van der Waals surface area contributed by atoms with Crippen LogP contribution in [0.5, 0.6) is 11.6 Å². The molecule has 1 aromatic carbocycles. The predicted octanol–water partition coefficient (Wildman–Crippen LogP) is -2.14. The van der Waals surface area contributed by atoms with Crippen molar-refractivity contribution in [1.82, 2.24) is 29.5 Å². The molecule has 1 fully saturated rings. The molecule has 0 bridgehead atoms. The number of aromatic nitrogens is 6. The lowest BCUT2D eigenvalue weighted by atomic mass is 10.2. The molecular weight excluding hydrogens is 388 g/mol. The molecule has 0 unspecified atom stereocenters. The van der Waals surface area contributed by atoms with Gasteiger partial charge in [0.25, 0.3) is 0 Å². The minimum Gasteiger partial charge on any atom is -0.508 e. The summed E-state index contributed by atoms with van der Waals surface area (Å²) in [6.45, 7) is 0.423. The van der Waals surface area contributed by atoms with E-state index in [-0.39, 0.29) is 17.3 Å². The summed E-state index contributed by atoms with van der Waals surface area (Å²) < 4.78 is 1.59. The molecule has 1 aliphatic carbocycles. The average molecular weight is 407 g/mol. The van der Waals surface area contributed by atoms with Crippen LogP contribution in [0.1, 0.15) is 24.1 Å². The van der Waals surface area contributed by atoms with Crippen LogP contribution < -0.4 is 26.8 Å². The molecule has 0 spiro atoms. The Morgan fingerprint density at radius 1 is 1.27 bits per heavy atom. The fourth-order valence-electron chi connectivity index (χ4n) is 3.07. The van der Waals surface area contributed by atoms with E-state index in [1.807, 2.05) is 6.07 Å². The van der Waals surface area contributed by atoms with E-state index < -0.39 is 5.69 Å². The molecule has 0 aliphatic heterocycles. The largest absolute Gasteiger partial charge is 0.508 e. The Balaban J connectivity index is 1.59. The number of aromatic amines is 2. The first-order valence-corrected chi connectivity index (χ1v) is 9.45. The van der Waals surface area contributed by atoms with Gasteiger partial charge in [0.05, 0.1) is 17.5 Å². The number of H-pyrrole nitrogens is 2. The molecule has 1 saturated carbocycles. The van der Waals surface area contributed by atoms with Crippen LogP contribution in [0.2, 0.25) is 0 Å². The van der Waals surface area contributed by atoms with Crippen molar-refractivity contribution in [1.29, 1.82) is 0 Å². The fraction of sp³-hybridized carbons (Fsp3) is 0.211. The van der Waals surface area contributed by atoms with Gasteiger partial charge in [0, 0.05) is 6.54 Å². The third kappa shape index (κ3) is 3.60. The van der Waals surface area contributed by atoms with Crippen LogP contribution in [0.15, 0.2) is 35.3 Å². The maximum Gasteiger partial charge on any atom is 0.421 e. The molecule has 3 heterocycles. The summed E-state index contributed by atoms with van der Waals surface area (Å²) in [6, 6.07) is 7.28. The van der Waals surface area contributed by atoms with Crippen LogP contribution in [-0.4, -0.2) is 45.8 Å². The van der Waals surface area contributed by atoms with E-state index in [9.17, 15) is 15.0 Å². The second-order valence-electron chi connectivity index (χ2n) is 7.13. The fourth-order valence-corrected chi connectivity index (χ4v) is 3.07. The van der Waals surface area contributed by atoms with Crippen LogP contribution >= 0.6 is 0 Å². The number of hydrogen-bond acceptors (Lipinski definition) is 7. The molecule has 11 nitrogen and oxygen atoms in total. The van der Waals surface area contributed by atoms with Crippen molar-refractivity contribution >= 4 is 17.7 Å². The Bertz CT molecular complexity index is 1410. The van der Waals surface area contributed by atoms with Gasteiger partial charge in [0.15, 0.2) is 0 Å². The summed E-state index contributed by atoms with van der Waals surface area (Å²) in [5, 5.41) is 27.6. The number of hydrogen-bond donors (Lipinski definition) is 6. The Kier molecular flexibility index (Phi) is 4.20. The Hall–Kier alpha value is -4.15. The first-order chi connectivity index (χ1) is 14.5. The highest BCUT2D eigenvalue weighted by Gasteiger charge is 2.24. The zero-order valence-electron chi connectivity index (χ0n) is 15.8. The zero-order chi connectivity index (χ0) is 20.7. The molecule has 0 amide bonds. The highest BCUT2D eigenvalue weighted by molar-refractivity contribution is 5.57. The monoisotopic (exact) mass is 407 g/mol. The highest BCUT2D eigenvalue weighted by atomic mass is 16.3. The Morgan fingerprint density at radius 2 is 2.13 bits per heavy atom. The molecule has 30 heavy (non-hydrogen) atoms. The molecule has 152 valence electrons. The second-order valence-corrected chi connectivity index (χ2v) is 7.13. The molecule has 0 radical (unpaired) electrons. The van der Waals surface area contributed by atoms with Crippen molar-refractivity contribution in [2.75, 3.05) is 5.32 Å². The smallest absolute Gasteiger partial charge is 0.421 e. The highest BCUT2D eigenvalue weighted by Crippen LogP contribution is 2.13. The number of fused-ring (bicyclic) bond motifs is 1. The molecule has 0 saturated heterocycles. The molecule has 1 aliphatic rings. The summed E-state index contributed by atoms with van der Waals surface area (Å²) >= 11 is 0. The SMILES string of the molecule is O=c1[nH]c(O)c(C=c2cnn3c(=[NH+]C4CC4)nc(NCc4cccc(O)c4)nc23)[nH]1. The lowest BCUT2D eigenvalue weighted by Crippen LogP contribution is -2.80. The van der Waals surface area contributed by atoms with E-state index in [2.05, 4.69) is 35.3 Å². The summed E-state index contributed by atoms with van der Waals surface area (Å²) in [5.41, 5.74) is 1.67. The van der Waals surface area contributed by atoms with Gasteiger partial charge in [-0.1, -0.05) is 16.6 Å². The van der Waals surface area contributed by atoms with E-state index >= 15 is 0 Å². The van der Waals surface area contributed by atoms with Gasteiger partial charge in [0.2, 0.25) is 11.5 Å². The van der Waals surface area contributed by atoms with Crippen molar-refractivity contribution in [2.45, 2.75) is 25.4 Å². The summed E-state index contributed by atoms with van der Waals surface area (Å²) in [5.74, 6) is 0.317. The summed E-state index contributed by atoms with van der Waals surface area (Å²) in [4.78, 5) is 28.6. The first kappa shape index (κ1) is 17.9. The summed E-state index contributed by atoms with van der Waals surface area (Å²) in [6.07, 6.45) is 5.31. The third-order valence-corrected chi connectivity index (χ3v) is 4.70. The number of nitrogens with one attached hydrogen (secondary N) is 4. The molecule has 4 aromatic rings. The van der Waals surface area contributed by atoms with Gasteiger partial charge in [-0.15, -0.1) is 5.10 Å². The predicted molar refractivity (Wildman–Crippen MR) is 105 cm³/mol.